The fourth-order valence-corrected chi connectivity index (χ4v) is 6.18. The van der Waals surface area contributed by atoms with E-state index in [0.29, 0.717) is 29.3 Å². The van der Waals surface area contributed by atoms with Gasteiger partial charge in [0.15, 0.2) is 0 Å². The largest absolute Gasteiger partial charge is 0.490 e. The van der Waals surface area contributed by atoms with Gasteiger partial charge >= 0.3 is 6.03 Å². The maximum atomic E-state index is 14.3. The Morgan fingerprint density at radius 1 is 1.00 bits per heavy atom. The van der Waals surface area contributed by atoms with Crippen LogP contribution in [0.1, 0.15) is 82.5 Å². The molecular formula is C36H51FN4O6. The zero-order valence-corrected chi connectivity index (χ0v) is 28.2. The number of carbonyl (C=O) groups is 3. The normalized spacial score (nSPS) is 22.3. The van der Waals surface area contributed by atoms with Crippen LogP contribution in [0, 0.1) is 17.7 Å². The minimum Gasteiger partial charge on any atom is -0.490 e. The third kappa shape index (κ3) is 10.4. The van der Waals surface area contributed by atoms with Gasteiger partial charge in [-0.25, -0.2) is 9.18 Å². The van der Waals surface area contributed by atoms with Crippen LogP contribution in [-0.4, -0.2) is 84.4 Å². The van der Waals surface area contributed by atoms with Crippen LogP contribution in [0.3, 0.4) is 0 Å². The molecule has 47 heavy (non-hydrogen) atoms. The van der Waals surface area contributed by atoms with Gasteiger partial charge in [-0.05, 0) is 88.4 Å². The molecule has 4 rings (SSSR count). The molecule has 1 aliphatic carbocycles. The van der Waals surface area contributed by atoms with Gasteiger partial charge in [0.1, 0.15) is 11.6 Å². The summed E-state index contributed by atoms with van der Waals surface area (Å²) >= 11 is 0. The highest BCUT2D eigenvalue weighted by Crippen LogP contribution is 2.30. The highest BCUT2D eigenvalue weighted by Gasteiger charge is 2.31. The Labute approximate surface area is 278 Å². The molecule has 11 heteroatoms. The molecule has 1 aliphatic heterocycles. The van der Waals surface area contributed by atoms with E-state index in [2.05, 4.69) is 10.6 Å². The molecule has 258 valence electrons. The van der Waals surface area contributed by atoms with Gasteiger partial charge in [-0.1, -0.05) is 26.2 Å². The number of ether oxygens (including phenoxy) is 2. The van der Waals surface area contributed by atoms with Gasteiger partial charge in [-0.15, -0.1) is 0 Å². The fraction of sp³-hybridized carbons (Fsp3) is 0.583. The summed E-state index contributed by atoms with van der Waals surface area (Å²) in [5.74, 6) is -0.582. The van der Waals surface area contributed by atoms with Gasteiger partial charge < -0.3 is 35.0 Å². The lowest BCUT2D eigenvalue weighted by Gasteiger charge is -2.35. The highest BCUT2D eigenvalue weighted by atomic mass is 19.1. The van der Waals surface area contributed by atoms with Crippen molar-refractivity contribution in [1.82, 2.24) is 9.80 Å². The monoisotopic (exact) mass is 654 g/mol. The maximum absolute atomic E-state index is 14.3. The van der Waals surface area contributed by atoms with Crippen LogP contribution < -0.4 is 15.4 Å². The fourth-order valence-electron chi connectivity index (χ4n) is 6.18. The number of carbonyl (C=O) groups excluding carboxylic acids is 3. The molecule has 4 atom stereocenters. The van der Waals surface area contributed by atoms with Crippen molar-refractivity contribution in [2.45, 2.75) is 90.4 Å². The molecule has 4 amide bonds. The van der Waals surface area contributed by atoms with Gasteiger partial charge in [-0.3, -0.25) is 9.59 Å². The highest BCUT2D eigenvalue weighted by molar-refractivity contribution is 6.00. The Kier molecular flexibility index (Phi) is 13.4. The lowest BCUT2D eigenvalue weighted by Crippen LogP contribution is -2.48. The summed E-state index contributed by atoms with van der Waals surface area (Å²) in [5.41, 5.74) is 1.32. The van der Waals surface area contributed by atoms with E-state index in [0.717, 1.165) is 51.4 Å². The van der Waals surface area contributed by atoms with E-state index in [1.165, 1.54) is 29.2 Å². The van der Waals surface area contributed by atoms with E-state index in [4.69, 9.17) is 9.47 Å². The first-order valence-corrected chi connectivity index (χ1v) is 17.0. The van der Waals surface area contributed by atoms with Crippen LogP contribution >= 0.6 is 0 Å². The summed E-state index contributed by atoms with van der Waals surface area (Å²) in [6, 6.07) is 9.87. The molecule has 2 aromatic rings. The standard InChI is InChI=1S/C36H51FN4O6/c1-24-21-41(25(2)23-42)35(44)31-20-30(38-34(43)27-11-6-5-7-12-27)17-18-32(31)47-26(3)10-8-9-19-46-33(24)22-40(4)36(45)39-29-15-13-28(37)14-16-29/h13-18,20,24-27,33,42H,5-12,19,21-23H2,1-4H3,(H,38,43)(H,39,45)/t24-,25+,26+,33+/m0/s1. The van der Waals surface area contributed by atoms with Crippen LogP contribution in [0.5, 0.6) is 5.75 Å². The Balaban J connectivity index is 1.57. The van der Waals surface area contributed by atoms with Crippen molar-refractivity contribution < 1.29 is 33.4 Å². The van der Waals surface area contributed by atoms with E-state index in [-0.39, 0.29) is 55.5 Å². The quantitative estimate of drug-likeness (QED) is 0.322. The SMILES string of the molecule is C[C@@H]1CCCCO[C@H](CN(C)C(=O)Nc2ccc(F)cc2)[C@@H](C)CN([C@H](C)CO)C(=O)c2cc(NC(=O)C3CCCCC3)ccc2O1. The number of aliphatic hydroxyl groups excluding tert-OH is 1. The number of nitrogens with one attached hydrogen (secondary N) is 2. The second kappa shape index (κ2) is 17.5. The summed E-state index contributed by atoms with van der Waals surface area (Å²) in [4.78, 5) is 43.6. The Morgan fingerprint density at radius 3 is 2.38 bits per heavy atom. The average molecular weight is 655 g/mol. The van der Waals surface area contributed by atoms with Gasteiger partial charge in [0.25, 0.3) is 5.91 Å². The summed E-state index contributed by atoms with van der Waals surface area (Å²) in [6.45, 7) is 6.42. The van der Waals surface area contributed by atoms with Crippen molar-refractivity contribution in [1.29, 1.82) is 0 Å². The lowest BCUT2D eigenvalue weighted by atomic mass is 9.88. The van der Waals surface area contributed by atoms with Crippen LogP contribution in [0.2, 0.25) is 0 Å². The van der Waals surface area contributed by atoms with Crippen LogP contribution in [-0.2, 0) is 9.53 Å². The number of hydrogen-bond donors (Lipinski definition) is 3. The minimum absolute atomic E-state index is 0.0333. The summed E-state index contributed by atoms with van der Waals surface area (Å²) in [5, 5.41) is 16.0. The van der Waals surface area contributed by atoms with E-state index in [9.17, 15) is 23.9 Å². The molecule has 0 saturated heterocycles. The van der Waals surface area contributed by atoms with Gasteiger partial charge in [0.2, 0.25) is 5.91 Å². The molecule has 0 aromatic heterocycles. The average Bonchev–Trinajstić information content (AvgIpc) is 3.07. The van der Waals surface area contributed by atoms with E-state index >= 15 is 0 Å². The Bertz CT molecular complexity index is 1340. The number of fused-ring (bicyclic) bond motifs is 1. The first-order valence-electron chi connectivity index (χ1n) is 17.0. The number of benzene rings is 2. The Morgan fingerprint density at radius 2 is 1.68 bits per heavy atom. The molecule has 1 heterocycles. The number of rotatable bonds is 7. The number of likely N-dealkylation sites (N-methyl/N-ethyl adjacent to an activating group) is 1. The van der Waals surface area contributed by atoms with Crippen molar-refractivity contribution in [3.05, 3.63) is 53.8 Å². The number of aliphatic hydroxyl groups is 1. The van der Waals surface area contributed by atoms with E-state index < -0.39 is 18.0 Å². The summed E-state index contributed by atoms with van der Waals surface area (Å²) < 4.78 is 26.0. The van der Waals surface area contributed by atoms with Crippen molar-refractivity contribution >= 4 is 29.2 Å². The topological polar surface area (TPSA) is 120 Å². The number of amides is 4. The van der Waals surface area contributed by atoms with Crippen molar-refractivity contribution in [2.75, 3.05) is 44.0 Å². The zero-order chi connectivity index (χ0) is 33.9. The number of anilines is 2. The molecule has 2 aliphatic rings. The molecule has 0 radical (unpaired) electrons. The number of urea groups is 1. The molecule has 10 nitrogen and oxygen atoms in total. The van der Waals surface area contributed by atoms with Gasteiger partial charge in [-0.2, -0.15) is 0 Å². The van der Waals surface area contributed by atoms with E-state index in [1.54, 1.807) is 37.1 Å². The number of hydrogen-bond acceptors (Lipinski definition) is 6. The lowest BCUT2D eigenvalue weighted by molar-refractivity contribution is -0.120. The molecule has 2 aromatic carbocycles. The minimum atomic E-state index is -0.524. The van der Waals surface area contributed by atoms with Crippen LogP contribution in [0.15, 0.2) is 42.5 Å². The predicted molar refractivity (Wildman–Crippen MR) is 180 cm³/mol. The van der Waals surface area contributed by atoms with Gasteiger partial charge in [0.05, 0.1) is 30.4 Å². The second-order valence-corrected chi connectivity index (χ2v) is 13.2. The maximum Gasteiger partial charge on any atom is 0.321 e. The first kappa shape index (κ1) is 36.1. The molecular weight excluding hydrogens is 603 g/mol. The number of halogens is 1. The molecule has 0 unspecified atom stereocenters. The Hall–Kier alpha value is -3.70. The van der Waals surface area contributed by atoms with E-state index in [1.807, 2.05) is 13.8 Å². The molecule has 3 N–H and O–H groups in total. The van der Waals surface area contributed by atoms with Crippen molar-refractivity contribution in [3.8, 4) is 5.75 Å². The molecule has 0 spiro atoms. The number of nitrogens with zero attached hydrogens (tertiary/aromatic N) is 2. The molecule has 1 saturated carbocycles. The van der Waals surface area contributed by atoms with Crippen LogP contribution in [0.25, 0.3) is 0 Å². The van der Waals surface area contributed by atoms with Crippen LogP contribution in [0.4, 0.5) is 20.6 Å². The third-order valence-electron chi connectivity index (χ3n) is 9.19. The van der Waals surface area contributed by atoms with Crippen molar-refractivity contribution in [2.24, 2.45) is 11.8 Å². The zero-order valence-electron chi connectivity index (χ0n) is 28.2. The summed E-state index contributed by atoms with van der Waals surface area (Å²) in [7, 11) is 1.66. The van der Waals surface area contributed by atoms with Crippen molar-refractivity contribution in [3.63, 3.8) is 0 Å². The summed E-state index contributed by atoms with van der Waals surface area (Å²) in [6.07, 6.45) is 6.74. The molecule has 1 fully saturated rings. The third-order valence-corrected chi connectivity index (χ3v) is 9.19. The first-order chi connectivity index (χ1) is 22.5. The smallest absolute Gasteiger partial charge is 0.321 e. The molecule has 0 bridgehead atoms. The second-order valence-electron chi connectivity index (χ2n) is 13.2. The van der Waals surface area contributed by atoms with Gasteiger partial charge in [0, 0.05) is 50.0 Å². The predicted octanol–water partition coefficient (Wildman–Crippen LogP) is 6.30.